The fourth-order valence-electron chi connectivity index (χ4n) is 4.07. The van der Waals surface area contributed by atoms with Crippen molar-refractivity contribution in [3.8, 4) is 11.1 Å². The van der Waals surface area contributed by atoms with E-state index in [1.165, 1.54) is 0 Å². The van der Waals surface area contributed by atoms with Crippen LogP contribution in [-0.2, 0) is 9.53 Å². The summed E-state index contributed by atoms with van der Waals surface area (Å²) >= 11 is 0. The number of amides is 1. The van der Waals surface area contributed by atoms with Crippen molar-refractivity contribution < 1.29 is 19.4 Å². The molecule has 1 amide bonds. The third kappa shape index (κ3) is 3.92. The Morgan fingerprint density at radius 3 is 2.20 bits per heavy atom. The number of benzene rings is 3. The number of alkyl carbamates (subject to hydrolysis) is 1. The number of hydrogen-bond donors (Lipinski definition) is 2. The highest BCUT2D eigenvalue weighted by molar-refractivity contribution is 5.79. The van der Waals surface area contributed by atoms with Crippen LogP contribution in [0.4, 0.5) is 4.79 Å². The Labute approximate surface area is 175 Å². The monoisotopic (exact) mass is 401 g/mol. The van der Waals surface area contributed by atoms with Gasteiger partial charge in [0.2, 0.25) is 0 Å². The molecule has 1 aliphatic rings. The summed E-state index contributed by atoms with van der Waals surface area (Å²) in [7, 11) is 0. The third-order valence-corrected chi connectivity index (χ3v) is 5.54. The molecular formula is C25H23NO4. The Kier molecular flexibility index (Phi) is 5.53. The Hall–Kier alpha value is -3.60. The van der Waals surface area contributed by atoms with E-state index in [0.29, 0.717) is 5.56 Å². The molecule has 152 valence electrons. The maximum atomic E-state index is 12.3. The van der Waals surface area contributed by atoms with E-state index in [1.807, 2.05) is 49.4 Å². The van der Waals surface area contributed by atoms with Crippen LogP contribution in [0.2, 0.25) is 0 Å². The van der Waals surface area contributed by atoms with E-state index in [1.54, 1.807) is 6.07 Å². The molecule has 3 aromatic rings. The van der Waals surface area contributed by atoms with Gasteiger partial charge in [0.05, 0.1) is 5.92 Å². The summed E-state index contributed by atoms with van der Waals surface area (Å²) in [6.45, 7) is 2.07. The van der Waals surface area contributed by atoms with Gasteiger partial charge in [-0.1, -0.05) is 78.4 Å². The quantitative estimate of drug-likeness (QED) is 0.628. The molecule has 0 spiro atoms. The summed E-state index contributed by atoms with van der Waals surface area (Å²) in [4.78, 5) is 24.0. The van der Waals surface area contributed by atoms with E-state index in [2.05, 4.69) is 29.6 Å². The van der Waals surface area contributed by atoms with Crippen molar-refractivity contribution in [1.29, 1.82) is 0 Å². The lowest BCUT2D eigenvalue weighted by molar-refractivity contribution is -0.138. The zero-order valence-electron chi connectivity index (χ0n) is 16.7. The first-order chi connectivity index (χ1) is 14.5. The number of aryl methyl sites for hydroxylation is 1. The number of fused-ring (bicyclic) bond motifs is 3. The summed E-state index contributed by atoms with van der Waals surface area (Å²) in [5.74, 6) is -1.85. The van der Waals surface area contributed by atoms with Crippen LogP contribution in [0.25, 0.3) is 11.1 Å². The molecular weight excluding hydrogens is 378 g/mol. The van der Waals surface area contributed by atoms with Crippen molar-refractivity contribution in [3.63, 3.8) is 0 Å². The van der Waals surface area contributed by atoms with Gasteiger partial charge in [0, 0.05) is 12.5 Å². The zero-order valence-corrected chi connectivity index (χ0v) is 16.7. The first-order valence-electron chi connectivity index (χ1n) is 9.93. The Morgan fingerprint density at radius 2 is 1.60 bits per heavy atom. The highest BCUT2D eigenvalue weighted by Crippen LogP contribution is 2.44. The highest BCUT2D eigenvalue weighted by atomic mass is 16.5. The molecule has 5 nitrogen and oxygen atoms in total. The van der Waals surface area contributed by atoms with Crippen molar-refractivity contribution >= 4 is 12.1 Å². The van der Waals surface area contributed by atoms with Crippen LogP contribution < -0.4 is 5.32 Å². The molecule has 5 heteroatoms. The van der Waals surface area contributed by atoms with Crippen molar-refractivity contribution in [2.24, 2.45) is 0 Å². The number of aliphatic carboxylic acids is 1. The van der Waals surface area contributed by atoms with Gasteiger partial charge in [-0.3, -0.25) is 4.79 Å². The fourth-order valence-corrected chi connectivity index (χ4v) is 4.07. The number of nitrogens with one attached hydrogen (secondary N) is 1. The first kappa shape index (κ1) is 19.7. The lowest BCUT2D eigenvalue weighted by Crippen LogP contribution is -2.33. The SMILES string of the molecule is Cc1cccc(C(CNC(=O)OCC2c3ccccc3-c3ccccc32)C(=O)O)c1. The lowest BCUT2D eigenvalue weighted by Gasteiger charge is -2.17. The zero-order chi connectivity index (χ0) is 21.1. The summed E-state index contributed by atoms with van der Waals surface area (Å²) < 4.78 is 5.49. The molecule has 1 unspecified atom stereocenters. The average Bonchev–Trinajstić information content (AvgIpc) is 3.06. The molecule has 0 saturated heterocycles. The van der Waals surface area contributed by atoms with Gasteiger partial charge < -0.3 is 15.2 Å². The summed E-state index contributed by atoms with van der Waals surface area (Å²) in [5, 5.41) is 12.2. The van der Waals surface area contributed by atoms with Gasteiger partial charge in [0.25, 0.3) is 0 Å². The maximum absolute atomic E-state index is 12.3. The molecule has 0 fully saturated rings. The van der Waals surface area contributed by atoms with Crippen LogP contribution in [0.3, 0.4) is 0 Å². The molecule has 0 saturated carbocycles. The van der Waals surface area contributed by atoms with Gasteiger partial charge in [0.1, 0.15) is 6.61 Å². The van der Waals surface area contributed by atoms with Crippen molar-refractivity contribution in [2.75, 3.05) is 13.2 Å². The fraction of sp³-hybridized carbons (Fsp3) is 0.200. The molecule has 1 aliphatic carbocycles. The number of rotatable bonds is 6. The van der Waals surface area contributed by atoms with Gasteiger partial charge in [-0.05, 0) is 34.7 Å². The second kappa shape index (κ2) is 8.41. The van der Waals surface area contributed by atoms with E-state index in [-0.39, 0.29) is 19.1 Å². The molecule has 1 atom stereocenters. The first-order valence-corrected chi connectivity index (χ1v) is 9.93. The molecule has 0 bridgehead atoms. The van der Waals surface area contributed by atoms with Gasteiger partial charge in [-0.25, -0.2) is 4.79 Å². The normalized spacial score (nSPS) is 13.2. The Balaban J connectivity index is 1.41. The predicted molar refractivity (Wildman–Crippen MR) is 115 cm³/mol. The summed E-state index contributed by atoms with van der Waals surface area (Å²) in [6.07, 6.45) is -0.615. The standard InChI is InChI=1S/C25H23NO4/c1-16-7-6-8-17(13-16)22(24(27)28)14-26-25(29)30-15-23-20-11-4-2-9-18(20)19-10-3-5-12-21(19)23/h2-13,22-23H,14-15H2,1H3,(H,26,29)(H,27,28). The van der Waals surface area contributed by atoms with Crippen LogP contribution in [0, 0.1) is 6.92 Å². The third-order valence-electron chi connectivity index (χ3n) is 5.54. The molecule has 4 rings (SSSR count). The van der Waals surface area contributed by atoms with Crippen LogP contribution in [-0.4, -0.2) is 30.3 Å². The number of hydrogen-bond acceptors (Lipinski definition) is 3. The minimum absolute atomic E-state index is 0.0322. The number of carboxylic acids is 1. The minimum atomic E-state index is -0.987. The Bertz CT molecular complexity index is 1050. The van der Waals surface area contributed by atoms with E-state index in [4.69, 9.17) is 4.74 Å². The second-order valence-corrected chi connectivity index (χ2v) is 7.51. The van der Waals surface area contributed by atoms with E-state index >= 15 is 0 Å². The minimum Gasteiger partial charge on any atom is -0.481 e. The largest absolute Gasteiger partial charge is 0.481 e. The smallest absolute Gasteiger partial charge is 0.407 e. The Morgan fingerprint density at radius 1 is 0.967 bits per heavy atom. The molecule has 0 radical (unpaired) electrons. The van der Waals surface area contributed by atoms with Crippen LogP contribution in [0.15, 0.2) is 72.8 Å². The molecule has 2 N–H and O–H groups in total. The molecule has 3 aromatic carbocycles. The topological polar surface area (TPSA) is 75.6 Å². The van der Waals surface area contributed by atoms with Crippen molar-refractivity contribution in [1.82, 2.24) is 5.32 Å². The van der Waals surface area contributed by atoms with Crippen LogP contribution >= 0.6 is 0 Å². The van der Waals surface area contributed by atoms with Crippen LogP contribution in [0.5, 0.6) is 0 Å². The summed E-state index contributed by atoms with van der Waals surface area (Å²) in [5.41, 5.74) is 6.21. The molecule has 30 heavy (non-hydrogen) atoms. The number of carbonyl (C=O) groups is 2. The number of carbonyl (C=O) groups excluding carboxylic acids is 1. The molecule has 0 aromatic heterocycles. The second-order valence-electron chi connectivity index (χ2n) is 7.51. The van der Waals surface area contributed by atoms with Gasteiger partial charge >= 0.3 is 12.1 Å². The van der Waals surface area contributed by atoms with Gasteiger partial charge in [-0.2, -0.15) is 0 Å². The molecule has 0 aliphatic heterocycles. The van der Waals surface area contributed by atoms with E-state index in [0.717, 1.165) is 27.8 Å². The highest BCUT2D eigenvalue weighted by Gasteiger charge is 2.29. The summed E-state index contributed by atoms with van der Waals surface area (Å²) in [6, 6.07) is 23.5. The van der Waals surface area contributed by atoms with Gasteiger partial charge in [0.15, 0.2) is 0 Å². The molecule has 0 heterocycles. The van der Waals surface area contributed by atoms with E-state index in [9.17, 15) is 14.7 Å². The van der Waals surface area contributed by atoms with Gasteiger partial charge in [-0.15, -0.1) is 0 Å². The van der Waals surface area contributed by atoms with E-state index < -0.39 is 18.0 Å². The predicted octanol–water partition coefficient (Wildman–Crippen LogP) is 4.70. The van der Waals surface area contributed by atoms with Crippen molar-refractivity contribution in [2.45, 2.75) is 18.8 Å². The lowest BCUT2D eigenvalue weighted by atomic mass is 9.97. The maximum Gasteiger partial charge on any atom is 0.407 e. The average molecular weight is 401 g/mol. The van der Waals surface area contributed by atoms with Crippen molar-refractivity contribution in [3.05, 3.63) is 95.1 Å². The van der Waals surface area contributed by atoms with Crippen LogP contribution in [0.1, 0.15) is 34.1 Å². The number of carboxylic acid groups (broad SMARTS) is 1. The number of ether oxygens (including phenoxy) is 1.